The number of nitrogens with one attached hydrogen (secondary N) is 1. The topological polar surface area (TPSA) is 53.9 Å². The van der Waals surface area contributed by atoms with E-state index in [9.17, 15) is 0 Å². The van der Waals surface area contributed by atoms with Crippen LogP contribution in [0.1, 0.15) is 12.0 Å². The van der Waals surface area contributed by atoms with Gasteiger partial charge < -0.3 is 4.98 Å². The number of aromatic nitrogens is 3. The monoisotopic (exact) mass is 266 g/mol. The van der Waals surface area contributed by atoms with Crippen LogP contribution >= 0.6 is 11.3 Å². The zero-order chi connectivity index (χ0) is 12.7. The Morgan fingerprint density at radius 2 is 2.21 bits per heavy atom. The molecule has 0 saturated carbocycles. The van der Waals surface area contributed by atoms with Gasteiger partial charge in [-0.1, -0.05) is 6.08 Å². The number of H-pyrrole nitrogens is 1. The van der Waals surface area contributed by atoms with Gasteiger partial charge in [0.15, 0.2) is 0 Å². The molecule has 92 valence electrons. The molecule has 0 amide bonds. The van der Waals surface area contributed by atoms with Gasteiger partial charge in [-0.2, -0.15) is 0 Å². The summed E-state index contributed by atoms with van der Waals surface area (Å²) in [6.45, 7) is 0. The molecular formula is C14H10N4S. The van der Waals surface area contributed by atoms with Gasteiger partial charge in [0, 0.05) is 36.0 Å². The van der Waals surface area contributed by atoms with Crippen LogP contribution in [0.3, 0.4) is 0 Å². The SMILES string of the molecule is C1=NC(c2ccnc3[nH]ccc23)=c2scnc2=CC1. The summed E-state index contributed by atoms with van der Waals surface area (Å²) >= 11 is 1.63. The Balaban J connectivity index is 2.15. The lowest BCUT2D eigenvalue weighted by molar-refractivity contribution is 1.29. The lowest BCUT2D eigenvalue weighted by atomic mass is 10.1. The van der Waals surface area contributed by atoms with Gasteiger partial charge in [0.05, 0.1) is 21.1 Å². The van der Waals surface area contributed by atoms with E-state index in [1.165, 1.54) is 0 Å². The third-order valence-electron chi connectivity index (χ3n) is 3.16. The first-order valence-corrected chi connectivity index (χ1v) is 6.90. The quantitative estimate of drug-likeness (QED) is 0.724. The van der Waals surface area contributed by atoms with Gasteiger partial charge in [0.25, 0.3) is 0 Å². The van der Waals surface area contributed by atoms with E-state index in [0.717, 1.165) is 38.6 Å². The number of fused-ring (bicyclic) bond motifs is 2. The maximum atomic E-state index is 4.63. The first kappa shape index (κ1) is 10.6. The second-order valence-electron chi connectivity index (χ2n) is 4.27. The Morgan fingerprint density at radius 1 is 1.21 bits per heavy atom. The molecule has 4 heterocycles. The minimum absolute atomic E-state index is 0.821. The third-order valence-corrected chi connectivity index (χ3v) is 4.01. The van der Waals surface area contributed by atoms with Crippen molar-refractivity contribution in [2.75, 3.05) is 0 Å². The summed E-state index contributed by atoms with van der Waals surface area (Å²) in [4.78, 5) is 16.5. The number of pyridine rings is 1. The molecule has 0 aliphatic carbocycles. The Kier molecular flexibility index (Phi) is 2.31. The van der Waals surface area contributed by atoms with Crippen LogP contribution in [-0.4, -0.2) is 21.2 Å². The standard InChI is InChI=1S/C14H10N4S/c1-2-11-13(19-8-18-11)12(15-5-1)9-3-6-16-14-10(9)4-7-17-14/h2-8H,1H2,(H,16,17). The van der Waals surface area contributed by atoms with Gasteiger partial charge in [0.1, 0.15) is 5.65 Å². The van der Waals surface area contributed by atoms with Gasteiger partial charge in [-0.15, -0.1) is 11.3 Å². The number of aromatic amines is 1. The zero-order valence-electron chi connectivity index (χ0n) is 10.00. The average Bonchev–Trinajstić information content (AvgIpc) is 3.04. The van der Waals surface area contributed by atoms with E-state index >= 15 is 0 Å². The van der Waals surface area contributed by atoms with Crippen molar-refractivity contribution in [3.8, 4) is 0 Å². The molecule has 4 rings (SSSR count). The third kappa shape index (κ3) is 1.62. The van der Waals surface area contributed by atoms with E-state index < -0.39 is 0 Å². The Bertz CT molecular complexity index is 901. The molecule has 1 aliphatic heterocycles. The van der Waals surface area contributed by atoms with Crippen LogP contribution in [-0.2, 0) is 0 Å². The molecule has 0 radical (unpaired) electrons. The highest BCUT2D eigenvalue weighted by Gasteiger charge is 2.10. The van der Waals surface area contributed by atoms with Gasteiger partial charge >= 0.3 is 0 Å². The molecule has 1 aliphatic rings. The number of rotatable bonds is 1. The van der Waals surface area contributed by atoms with E-state index in [2.05, 4.69) is 26.0 Å². The predicted octanol–water partition coefficient (Wildman–Crippen LogP) is 1.43. The highest BCUT2D eigenvalue weighted by Crippen LogP contribution is 2.22. The molecule has 4 nitrogen and oxygen atoms in total. The molecule has 0 aromatic carbocycles. The normalized spacial score (nSPS) is 14.2. The van der Waals surface area contributed by atoms with E-state index in [4.69, 9.17) is 0 Å². The van der Waals surface area contributed by atoms with Crippen molar-refractivity contribution in [2.45, 2.75) is 6.42 Å². The number of nitrogens with zero attached hydrogens (tertiary/aromatic N) is 3. The van der Waals surface area contributed by atoms with Gasteiger partial charge in [0.2, 0.25) is 0 Å². The summed E-state index contributed by atoms with van der Waals surface area (Å²) in [5, 5.41) is 2.12. The number of thiazole rings is 1. The Hall–Kier alpha value is -2.27. The second-order valence-corrected chi connectivity index (χ2v) is 5.12. The van der Waals surface area contributed by atoms with Crippen molar-refractivity contribution in [1.82, 2.24) is 15.0 Å². The highest BCUT2D eigenvalue weighted by molar-refractivity contribution is 7.07. The molecule has 0 spiro atoms. The summed E-state index contributed by atoms with van der Waals surface area (Å²) in [7, 11) is 0. The van der Waals surface area contributed by atoms with Crippen molar-refractivity contribution in [1.29, 1.82) is 0 Å². The van der Waals surface area contributed by atoms with Crippen LogP contribution in [0.25, 0.3) is 22.8 Å². The minimum atomic E-state index is 0.821. The van der Waals surface area contributed by atoms with E-state index in [-0.39, 0.29) is 0 Å². The molecule has 19 heavy (non-hydrogen) atoms. The van der Waals surface area contributed by atoms with E-state index in [0.29, 0.717) is 0 Å². The smallest absolute Gasteiger partial charge is 0.137 e. The van der Waals surface area contributed by atoms with Crippen LogP contribution in [0.2, 0.25) is 0 Å². The molecule has 3 aromatic heterocycles. The first-order chi connectivity index (χ1) is 9.43. The molecule has 0 saturated heterocycles. The summed E-state index contributed by atoms with van der Waals surface area (Å²) < 4.78 is 1.13. The van der Waals surface area contributed by atoms with Crippen LogP contribution in [0.4, 0.5) is 0 Å². The average molecular weight is 266 g/mol. The van der Waals surface area contributed by atoms with Crippen molar-refractivity contribution in [3.63, 3.8) is 0 Å². The summed E-state index contributed by atoms with van der Waals surface area (Å²) in [5.41, 5.74) is 4.85. The molecular weight excluding hydrogens is 256 g/mol. The minimum Gasteiger partial charge on any atom is -0.346 e. The molecule has 5 heteroatoms. The first-order valence-electron chi connectivity index (χ1n) is 6.02. The van der Waals surface area contributed by atoms with Crippen LogP contribution < -0.4 is 9.88 Å². The molecule has 0 bridgehead atoms. The lowest BCUT2D eigenvalue weighted by Gasteiger charge is -2.02. The van der Waals surface area contributed by atoms with Crippen LogP contribution in [0.5, 0.6) is 0 Å². The fourth-order valence-corrected chi connectivity index (χ4v) is 3.11. The fraction of sp³-hybridized carbons (Fsp3) is 0.0714. The summed E-state index contributed by atoms with van der Waals surface area (Å²) in [6.07, 6.45) is 8.58. The molecule has 0 unspecified atom stereocenters. The Morgan fingerprint density at radius 3 is 3.21 bits per heavy atom. The Labute approximate surface area is 112 Å². The van der Waals surface area contributed by atoms with Crippen molar-refractivity contribution >= 4 is 40.4 Å². The maximum Gasteiger partial charge on any atom is 0.137 e. The van der Waals surface area contributed by atoms with E-state index in [1.807, 2.05) is 36.3 Å². The molecule has 1 N–H and O–H groups in total. The fourth-order valence-electron chi connectivity index (χ4n) is 2.30. The molecule has 0 fully saturated rings. The van der Waals surface area contributed by atoms with Gasteiger partial charge in [-0.3, -0.25) is 4.99 Å². The van der Waals surface area contributed by atoms with E-state index in [1.54, 1.807) is 11.3 Å². The highest BCUT2D eigenvalue weighted by atomic mass is 32.1. The lowest BCUT2D eigenvalue weighted by Crippen LogP contribution is -2.22. The van der Waals surface area contributed by atoms with Crippen LogP contribution in [0, 0.1) is 0 Å². The predicted molar refractivity (Wildman–Crippen MR) is 77.5 cm³/mol. The number of aliphatic imine (C=N–C) groups is 1. The van der Waals surface area contributed by atoms with Crippen LogP contribution in [0.15, 0.2) is 35.0 Å². The zero-order valence-corrected chi connectivity index (χ0v) is 10.8. The molecule has 0 atom stereocenters. The number of hydrogen-bond donors (Lipinski definition) is 1. The second kappa shape index (κ2) is 4.13. The van der Waals surface area contributed by atoms with Crippen molar-refractivity contribution in [2.24, 2.45) is 4.99 Å². The summed E-state index contributed by atoms with van der Waals surface area (Å²) in [6, 6.07) is 4.05. The maximum absolute atomic E-state index is 4.63. The number of hydrogen-bond acceptors (Lipinski definition) is 4. The largest absolute Gasteiger partial charge is 0.346 e. The van der Waals surface area contributed by atoms with Crippen molar-refractivity contribution in [3.05, 3.63) is 45.5 Å². The van der Waals surface area contributed by atoms with Gasteiger partial charge in [-0.25, -0.2) is 9.97 Å². The molecule has 3 aromatic rings. The summed E-state index contributed by atoms with van der Waals surface area (Å²) in [5.74, 6) is 0. The van der Waals surface area contributed by atoms with Crippen molar-refractivity contribution < 1.29 is 0 Å². The van der Waals surface area contributed by atoms with Gasteiger partial charge in [-0.05, 0) is 12.1 Å².